The molecule has 0 bridgehead atoms. The number of halogens is 2. The predicted molar refractivity (Wildman–Crippen MR) is 83.0 cm³/mol. The van der Waals surface area contributed by atoms with Crippen molar-refractivity contribution in [2.24, 2.45) is 21.7 Å². The zero-order valence-corrected chi connectivity index (χ0v) is 13.7. The van der Waals surface area contributed by atoms with Crippen molar-refractivity contribution >= 4 is 44.0 Å². The van der Waals surface area contributed by atoms with Gasteiger partial charge in [0.15, 0.2) is 11.5 Å². The van der Waals surface area contributed by atoms with Crippen LogP contribution in [0.4, 0.5) is 0 Å². The van der Waals surface area contributed by atoms with E-state index in [0.717, 1.165) is 14.5 Å². The van der Waals surface area contributed by atoms with E-state index >= 15 is 0 Å². The number of ether oxygens (including phenoxy) is 2. The van der Waals surface area contributed by atoms with Gasteiger partial charge in [0.25, 0.3) is 0 Å². The molecule has 0 unspecified atom stereocenters. The molecule has 0 aliphatic carbocycles. The maximum atomic E-state index is 5.52. The van der Waals surface area contributed by atoms with Crippen molar-refractivity contribution in [1.29, 1.82) is 0 Å². The van der Waals surface area contributed by atoms with E-state index in [-0.39, 0.29) is 5.96 Å². The van der Waals surface area contributed by atoms with Gasteiger partial charge in [0.1, 0.15) is 0 Å². The summed E-state index contributed by atoms with van der Waals surface area (Å²) in [6.45, 7) is 2.43. The molecule has 19 heavy (non-hydrogen) atoms. The molecule has 0 radical (unpaired) electrons. The van der Waals surface area contributed by atoms with Gasteiger partial charge in [-0.15, -0.1) is 5.10 Å². The van der Waals surface area contributed by atoms with Crippen molar-refractivity contribution in [1.82, 2.24) is 0 Å². The minimum atomic E-state index is -0.107. The van der Waals surface area contributed by atoms with Crippen LogP contribution in [0.1, 0.15) is 12.5 Å². The number of hydrogen-bond donors (Lipinski definition) is 2. The van der Waals surface area contributed by atoms with Crippen LogP contribution >= 0.6 is 31.9 Å². The van der Waals surface area contributed by atoms with Crippen molar-refractivity contribution in [3.05, 3.63) is 20.6 Å². The van der Waals surface area contributed by atoms with Crippen LogP contribution in [0.5, 0.6) is 11.5 Å². The first-order valence-electron chi connectivity index (χ1n) is 5.32. The van der Waals surface area contributed by atoms with Crippen LogP contribution in [0, 0.1) is 0 Å². The zero-order valence-electron chi connectivity index (χ0n) is 10.5. The molecule has 1 rings (SSSR count). The Balaban J connectivity index is 3.25. The Kier molecular flexibility index (Phi) is 6.10. The van der Waals surface area contributed by atoms with Crippen molar-refractivity contribution in [3.63, 3.8) is 0 Å². The van der Waals surface area contributed by atoms with Crippen LogP contribution in [0.3, 0.4) is 0 Å². The summed E-state index contributed by atoms with van der Waals surface area (Å²) in [6, 6.07) is 1.77. The summed E-state index contributed by atoms with van der Waals surface area (Å²) in [5.74, 6) is 1.10. The molecule has 8 heteroatoms. The average Bonchev–Trinajstić information content (AvgIpc) is 2.37. The third kappa shape index (κ3) is 4.10. The molecule has 6 nitrogen and oxygen atoms in total. The highest BCUT2D eigenvalue weighted by molar-refractivity contribution is 9.13. The van der Waals surface area contributed by atoms with Gasteiger partial charge in [0.2, 0.25) is 5.96 Å². The van der Waals surface area contributed by atoms with Crippen LogP contribution in [0.15, 0.2) is 25.2 Å². The minimum absolute atomic E-state index is 0.107. The second-order valence-corrected chi connectivity index (χ2v) is 4.91. The van der Waals surface area contributed by atoms with Crippen LogP contribution in [0.2, 0.25) is 0 Å². The van der Waals surface area contributed by atoms with Crippen molar-refractivity contribution in [2.45, 2.75) is 6.92 Å². The number of methoxy groups -OCH3 is 1. The first-order valence-corrected chi connectivity index (χ1v) is 6.90. The van der Waals surface area contributed by atoms with Gasteiger partial charge in [0, 0.05) is 10.0 Å². The normalized spacial score (nSPS) is 10.5. The fourth-order valence-corrected chi connectivity index (χ4v) is 2.22. The summed E-state index contributed by atoms with van der Waals surface area (Å²) in [5, 5.41) is 7.30. The molecule has 0 aromatic heterocycles. The highest BCUT2D eigenvalue weighted by Gasteiger charge is 2.15. The number of guanidine groups is 1. The molecule has 0 heterocycles. The smallest absolute Gasteiger partial charge is 0.211 e. The summed E-state index contributed by atoms with van der Waals surface area (Å²) >= 11 is 6.89. The summed E-state index contributed by atoms with van der Waals surface area (Å²) in [5.41, 5.74) is 11.1. The van der Waals surface area contributed by atoms with Gasteiger partial charge in [-0.05, 0) is 44.8 Å². The molecule has 1 aromatic carbocycles. The molecule has 0 saturated carbocycles. The predicted octanol–water partition coefficient (Wildman–Crippen LogP) is 2.23. The molecule has 0 aliphatic rings. The molecular weight excluding hydrogens is 380 g/mol. The summed E-state index contributed by atoms with van der Waals surface area (Å²) in [6.07, 6.45) is 1.51. The van der Waals surface area contributed by atoms with Gasteiger partial charge in [-0.2, -0.15) is 5.10 Å². The van der Waals surface area contributed by atoms with Gasteiger partial charge in [0.05, 0.1) is 24.4 Å². The maximum absolute atomic E-state index is 5.52. The molecule has 0 saturated heterocycles. The fraction of sp³-hybridized carbons (Fsp3) is 0.273. The van der Waals surface area contributed by atoms with E-state index in [0.29, 0.717) is 18.1 Å². The average molecular weight is 394 g/mol. The number of nitrogens with two attached hydrogens (primary N) is 2. The van der Waals surface area contributed by atoms with Crippen LogP contribution in [-0.4, -0.2) is 25.9 Å². The molecule has 1 aromatic rings. The third-order valence-corrected chi connectivity index (χ3v) is 4.18. The standard InChI is InChI=1S/C11H14Br2N4O2/c1-3-19-10-7(18-2)4-6(8(12)9(10)13)5-16-17-11(14)15/h4-5H,3H2,1-2H3,(H4,14,15,17). The van der Waals surface area contributed by atoms with Crippen molar-refractivity contribution in [3.8, 4) is 11.5 Å². The van der Waals surface area contributed by atoms with Crippen LogP contribution in [0.25, 0.3) is 0 Å². The van der Waals surface area contributed by atoms with Crippen LogP contribution < -0.4 is 20.9 Å². The molecule has 0 aliphatic heterocycles. The lowest BCUT2D eigenvalue weighted by molar-refractivity contribution is 0.308. The monoisotopic (exact) mass is 392 g/mol. The number of benzene rings is 1. The Morgan fingerprint density at radius 3 is 2.58 bits per heavy atom. The van der Waals surface area contributed by atoms with E-state index in [2.05, 4.69) is 42.1 Å². The SMILES string of the molecule is CCOc1c(OC)cc(C=NN=C(N)N)c(Br)c1Br. The molecule has 0 fully saturated rings. The van der Waals surface area contributed by atoms with E-state index in [1.165, 1.54) is 6.21 Å². The topological polar surface area (TPSA) is 95.2 Å². The van der Waals surface area contributed by atoms with Crippen molar-refractivity contribution in [2.75, 3.05) is 13.7 Å². The van der Waals surface area contributed by atoms with E-state index in [9.17, 15) is 0 Å². The second-order valence-electron chi connectivity index (χ2n) is 3.33. The van der Waals surface area contributed by atoms with Gasteiger partial charge in [-0.25, -0.2) is 0 Å². The molecule has 0 atom stereocenters. The molecule has 104 valence electrons. The lowest BCUT2D eigenvalue weighted by atomic mass is 10.2. The molecule has 0 amide bonds. The Labute approximate surface area is 128 Å². The number of nitrogens with zero attached hydrogens (tertiary/aromatic N) is 2. The zero-order chi connectivity index (χ0) is 14.4. The Hall–Kier alpha value is -1.28. The highest BCUT2D eigenvalue weighted by Crippen LogP contribution is 2.42. The Morgan fingerprint density at radius 1 is 1.37 bits per heavy atom. The van der Waals surface area contributed by atoms with Crippen molar-refractivity contribution < 1.29 is 9.47 Å². The lowest BCUT2D eigenvalue weighted by Gasteiger charge is -2.13. The maximum Gasteiger partial charge on any atom is 0.211 e. The Bertz CT molecular complexity index is 514. The quantitative estimate of drug-likeness (QED) is 0.455. The summed E-state index contributed by atoms with van der Waals surface area (Å²) in [4.78, 5) is 0. The molecular formula is C11H14Br2N4O2. The van der Waals surface area contributed by atoms with E-state index in [1.807, 2.05) is 6.92 Å². The van der Waals surface area contributed by atoms with E-state index in [1.54, 1.807) is 13.2 Å². The fourth-order valence-electron chi connectivity index (χ4n) is 1.29. The first-order chi connectivity index (χ1) is 9.01. The highest BCUT2D eigenvalue weighted by atomic mass is 79.9. The van der Waals surface area contributed by atoms with E-state index in [4.69, 9.17) is 20.9 Å². The van der Waals surface area contributed by atoms with Gasteiger partial charge in [-0.1, -0.05) is 0 Å². The molecule has 4 N–H and O–H groups in total. The number of hydrogen-bond acceptors (Lipinski definition) is 4. The molecule has 0 spiro atoms. The van der Waals surface area contributed by atoms with Crippen LogP contribution in [-0.2, 0) is 0 Å². The summed E-state index contributed by atoms with van der Waals surface area (Å²) in [7, 11) is 1.56. The second kappa shape index (κ2) is 7.34. The van der Waals surface area contributed by atoms with Gasteiger partial charge in [-0.3, -0.25) is 0 Å². The van der Waals surface area contributed by atoms with Gasteiger partial charge >= 0.3 is 0 Å². The van der Waals surface area contributed by atoms with Gasteiger partial charge < -0.3 is 20.9 Å². The largest absolute Gasteiger partial charge is 0.493 e. The first kappa shape index (κ1) is 15.8. The minimum Gasteiger partial charge on any atom is -0.493 e. The summed E-state index contributed by atoms with van der Waals surface area (Å²) < 4.78 is 12.3. The van der Waals surface area contributed by atoms with E-state index < -0.39 is 0 Å². The lowest BCUT2D eigenvalue weighted by Crippen LogP contribution is -2.21. The Morgan fingerprint density at radius 2 is 2.05 bits per heavy atom. The third-order valence-electron chi connectivity index (χ3n) is 2.03. The number of rotatable bonds is 5.